The number of imide groups is 1. The molecule has 0 radical (unpaired) electrons. The number of likely N-dealkylation sites (tertiary alicyclic amines) is 1. The van der Waals surface area contributed by atoms with Gasteiger partial charge in [-0.1, -0.05) is 0 Å². The van der Waals surface area contributed by atoms with Crippen LogP contribution >= 0.6 is 11.5 Å². The van der Waals surface area contributed by atoms with Crippen molar-refractivity contribution in [3.63, 3.8) is 0 Å². The van der Waals surface area contributed by atoms with Crippen LogP contribution in [0.2, 0.25) is 0 Å². The molecule has 0 atom stereocenters. The molecule has 0 aliphatic carbocycles. The molecule has 0 aromatic carbocycles. The van der Waals surface area contributed by atoms with Gasteiger partial charge in [-0.15, -0.1) is 0 Å². The number of nitrogens with zero attached hydrogens (tertiary/aromatic N) is 3. The van der Waals surface area contributed by atoms with E-state index in [2.05, 4.69) is 14.7 Å². The minimum absolute atomic E-state index is 0.0539. The first-order valence-electron chi connectivity index (χ1n) is 5.54. The maximum atomic E-state index is 11.3. The zero-order valence-corrected chi connectivity index (χ0v) is 10.4. The van der Waals surface area contributed by atoms with Crippen molar-refractivity contribution in [3.8, 4) is 0 Å². The molecule has 2 rings (SSSR count). The number of anilines is 1. The van der Waals surface area contributed by atoms with E-state index in [1.165, 1.54) is 16.4 Å². The molecule has 1 fully saturated rings. The molecule has 1 aliphatic heterocycles. The Morgan fingerprint density at radius 1 is 1.35 bits per heavy atom. The number of hydrogen-bond donors (Lipinski definition) is 1. The topological polar surface area (TPSA) is 75.2 Å². The zero-order valence-electron chi connectivity index (χ0n) is 9.60. The summed E-state index contributed by atoms with van der Waals surface area (Å²) < 4.78 is 4.05. The Morgan fingerprint density at radius 2 is 2.06 bits per heavy atom. The molecule has 1 aromatic rings. The number of carbonyl (C=O) groups is 2. The first kappa shape index (κ1) is 12.0. The second-order valence-corrected chi connectivity index (χ2v) is 4.62. The van der Waals surface area contributed by atoms with Gasteiger partial charge in [-0.05, 0) is 13.3 Å². The van der Waals surface area contributed by atoms with E-state index in [9.17, 15) is 9.59 Å². The van der Waals surface area contributed by atoms with Crippen molar-refractivity contribution in [2.24, 2.45) is 0 Å². The van der Waals surface area contributed by atoms with Gasteiger partial charge in [0, 0.05) is 37.5 Å². The lowest BCUT2D eigenvalue weighted by atomic mass is 10.4. The summed E-state index contributed by atoms with van der Waals surface area (Å²) in [6, 6.07) is 0. The van der Waals surface area contributed by atoms with Crippen LogP contribution in [0.15, 0.2) is 0 Å². The van der Waals surface area contributed by atoms with Crippen LogP contribution in [-0.2, 0) is 9.59 Å². The van der Waals surface area contributed by atoms with Crippen molar-refractivity contribution in [2.45, 2.75) is 26.2 Å². The lowest BCUT2D eigenvalue weighted by Gasteiger charge is -2.13. The zero-order chi connectivity index (χ0) is 12.3. The summed E-state index contributed by atoms with van der Waals surface area (Å²) in [5.74, 6) is 0.644. The van der Waals surface area contributed by atoms with Gasteiger partial charge in [-0.25, -0.2) is 4.98 Å². The standard InChI is InChI=1S/C10H14N4O2S/c1-7-12-10(17-13-7)11-5-2-6-14-8(15)3-4-9(14)16/h2-6H2,1H3,(H,11,12,13). The molecule has 0 bridgehead atoms. The molecule has 2 amide bonds. The van der Waals surface area contributed by atoms with E-state index in [1.807, 2.05) is 6.92 Å². The molecule has 1 saturated heterocycles. The van der Waals surface area contributed by atoms with Gasteiger partial charge >= 0.3 is 0 Å². The van der Waals surface area contributed by atoms with Crippen LogP contribution in [0.4, 0.5) is 5.13 Å². The van der Waals surface area contributed by atoms with Gasteiger partial charge in [0.1, 0.15) is 5.82 Å². The Kier molecular flexibility index (Phi) is 3.68. The fraction of sp³-hybridized carbons (Fsp3) is 0.600. The fourth-order valence-electron chi connectivity index (χ4n) is 1.67. The molecule has 2 heterocycles. The predicted molar refractivity (Wildman–Crippen MR) is 63.7 cm³/mol. The smallest absolute Gasteiger partial charge is 0.229 e. The second kappa shape index (κ2) is 5.22. The molecule has 7 heteroatoms. The van der Waals surface area contributed by atoms with E-state index in [4.69, 9.17) is 0 Å². The quantitative estimate of drug-likeness (QED) is 0.621. The van der Waals surface area contributed by atoms with E-state index in [0.29, 0.717) is 25.9 Å². The van der Waals surface area contributed by atoms with Crippen LogP contribution in [0, 0.1) is 6.92 Å². The molecule has 0 saturated carbocycles. The average Bonchev–Trinajstić information content (AvgIpc) is 2.83. The van der Waals surface area contributed by atoms with E-state index < -0.39 is 0 Å². The molecule has 1 aliphatic rings. The Labute approximate surface area is 103 Å². The summed E-state index contributed by atoms with van der Waals surface area (Å²) in [7, 11) is 0. The average molecular weight is 254 g/mol. The number of nitrogens with one attached hydrogen (secondary N) is 1. The molecule has 0 unspecified atom stereocenters. The van der Waals surface area contributed by atoms with E-state index in [0.717, 1.165) is 17.4 Å². The third-order valence-electron chi connectivity index (χ3n) is 2.52. The number of carbonyl (C=O) groups excluding carboxylic acids is 2. The second-order valence-electron chi connectivity index (χ2n) is 3.87. The monoisotopic (exact) mass is 254 g/mol. The summed E-state index contributed by atoms with van der Waals surface area (Å²) >= 11 is 1.31. The third-order valence-corrected chi connectivity index (χ3v) is 3.28. The van der Waals surface area contributed by atoms with Gasteiger partial charge in [0.05, 0.1) is 0 Å². The van der Waals surface area contributed by atoms with Crippen LogP contribution < -0.4 is 5.32 Å². The molecular weight excluding hydrogens is 240 g/mol. The number of aromatic nitrogens is 2. The third kappa shape index (κ3) is 3.00. The van der Waals surface area contributed by atoms with Crippen LogP contribution in [-0.4, -0.2) is 39.2 Å². The molecule has 6 nitrogen and oxygen atoms in total. The predicted octanol–water partition coefficient (Wildman–Crippen LogP) is 0.798. The van der Waals surface area contributed by atoms with Crippen LogP contribution in [0.1, 0.15) is 25.1 Å². The van der Waals surface area contributed by atoms with Gasteiger partial charge in [-0.3, -0.25) is 14.5 Å². The fourth-order valence-corrected chi connectivity index (χ4v) is 2.27. The number of amides is 2. The molecule has 92 valence electrons. The molecule has 0 spiro atoms. The van der Waals surface area contributed by atoms with Gasteiger partial charge < -0.3 is 5.32 Å². The summed E-state index contributed by atoms with van der Waals surface area (Å²) in [5.41, 5.74) is 0. The van der Waals surface area contributed by atoms with E-state index >= 15 is 0 Å². The molecular formula is C10H14N4O2S. The highest BCUT2D eigenvalue weighted by atomic mass is 32.1. The first-order chi connectivity index (χ1) is 8.16. The van der Waals surface area contributed by atoms with Gasteiger partial charge in [0.25, 0.3) is 0 Å². The summed E-state index contributed by atoms with van der Waals surface area (Å²) in [6.45, 7) is 3.01. The molecule has 1 N–H and O–H groups in total. The highest BCUT2D eigenvalue weighted by Gasteiger charge is 2.27. The number of rotatable bonds is 5. The van der Waals surface area contributed by atoms with Crippen molar-refractivity contribution >= 4 is 28.5 Å². The van der Waals surface area contributed by atoms with Crippen LogP contribution in [0.25, 0.3) is 0 Å². The highest BCUT2D eigenvalue weighted by Crippen LogP contribution is 2.13. The summed E-state index contributed by atoms with van der Waals surface area (Å²) in [4.78, 5) is 28.1. The van der Waals surface area contributed by atoms with Crippen LogP contribution in [0.3, 0.4) is 0 Å². The molecule has 1 aromatic heterocycles. The minimum Gasteiger partial charge on any atom is -0.360 e. The lowest BCUT2D eigenvalue weighted by Crippen LogP contribution is -2.31. The van der Waals surface area contributed by atoms with Crippen molar-refractivity contribution < 1.29 is 9.59 Å². The van der Waals surface area contributed by atoms with E-state index in [1.54, 1.807) is 0 Å². The van der Waals surface area contributed by atoms with E-state index in [-0.39, 0.29) is 11.8 Å². The number of aryl methyl sites for hydroxylation is 1. The summed E-state index contributed by atoms with van der Waals surface area (Å²) in [6.07, 6.45) is 1.46. The Morgan fingerprint density at radius 3 is 2.65 bits per heavy atom. The number of hydrogen-bond acceptors (Lipinski definition) is 6. The largest absolute Gasteiger partial charge is 0.360 e. The maximum Gasteiger partial charge on any atom is 0.229 e. The lowest BCUT2D eigenvalue weighted by molar-refractivity contribution is -0.138. The van der Waals surface area contributed by atoms with Gasteiger partial charge in [0.2, 0.25) is 16.9 Å². The first-order valence-corrected chi connectivity index (χ1v) is 6.31. The van der Waals surface area contributed by atoms with Crippen molar-refractivity contribution in [1.82, 2.24) is 14.3 Å². The molecule has 17 heavy (non-hydrogen) atoms. The summed E-state index contributed by atoms with van der Waals surface area (Å²) in [5, 5.41) is 3.89. The SMILES string of the molecule is Cc1nsc(NCCCN2C(=O)CCC2=O)n1. The van der Waals surface area contributed by atoms with Crippen molar-refractivity contribution in [2.75, 3.05) is 18.4 Å². The normalized spacial score (nSPS) is 15.7. The minimum atomic E-state index is -0.0539. The van der Waals surface area contributed by atoms with Crippen molar-refractivity contribution in [1.29, 1.82) is 0 Å². The van der Waals surface area contributed by atoms with Crippen molar-refractivity contribution in [3.05, 3.63) is 5.82 Å². The highest BCUT2D eigenvalue weighted by molar-refractivity contribution is 7.09. The maximum absolute atomic E-state index is 11.3. The Balaban J connectivity index is 1.69. The Hall–Kier alpha value is -1.50. The van der Waals surface area contributed by atoms with Crippen LogP contribution in [0.5, 0.6) is 0 Å². The Bertz CT molecular complexity index is 416. The van der Waals surface area contributed by atoms with Gasteiger partial charge in [-0.2, -0.15) is 4.37 Å². The van der Waals surface area contributed by atoms with Gasteiger partial charge in [0.15, 0.2) is 0 Å².